The van der Waals surface area contributed by atoms with Gasteiger partial charge in [-0.1, -0.05) is 43.7 Å². The predicted molar refractivity (Wildman–Crippen MR) is 121 cm³/mol. The Labute approximate surface area is 176 Å². The fourth-order valence-corrected chi connectivity index (χ4v) is 4.06. The standard InChI is InChI=1S/C21H34N4.HI/c1-4-8-18-14-20(18)24-21(22-3)23-19-11-12-25(16(2)13-19)15-17-9-6-5-7-10-17;/h5-7,9-10,16,18-20H,4,8,11-15H2,1-3H3,(H2,22,23,24);1H. The van der Waals surface area contributed by atoms with Crippen molar-refractivity contribution in [3.8, 4) is 0 Å². The van der Waals surface area contributed by atoms with Gasteiger partial charge in [-0.05, 0) is 44.1 Å². The van der Waals surface area contributed by atoms with Crippen molar-refractivity contribution in [1.29, 1.82) is 0 Å². The summed E-state index contributed by atoms with van der Waals surface area (Å²) < 4.78 is 0. The van der Waals surface area contributed by atoms with Gasteiger partial charge in [-0.3, -0.25) is 9.89 Å². The van der Waals surface area contributed by atoms with Crippen LogP contribution in [0.3, 0.4) is 0 Å². The van der Waals surface area contributed by atoms with E-state index in [1.54, 1.807) is 0 Å². The molecule has 0 aromatic heterocycles. The molecule has 5 heteroatoms. The normalized spacial score (nSPS) is 29.0. The van der Waals surface area contributed by atoms with Crippen molar-refractivity contribution in [3.63, 3.8) is 0 Å². The van der Waals surface area contributed by atoms with Crippen molar-refractivity contribution < 1.29 is 0 Å². The second kappa shape index (κ2) is 10.5. The van der Waals surface area contributed by atoms with E-state index < -0.39 is 0 Å². The van der Waals surface area contributed by atoms with E-state index >= 15 is 0 Å². The molecule has 4 nitrogen and oxygen atoms in total. The van der Waals surface area contributed by atoms with Crippen molar-refractivity contribution >= 4 is 29.9 Å². The molecule has 2 aliphatic rings. The number of benzene rings is 1. The third-order valence-electron chi connectivity index (χ3n) is 5.71. The van der Waals surface area contributed by atoms with Crippen molar-refractivity contribution in [2.24, 2.45) is 10.9 Å². The Morgan fingerprint density at radius 2 is 1.96 bits per heavy atom. The molecule has 1 heterocycles. The van der Waals surface area contributed by atoms with Gasteiger partial charge >= 0.3 is 0 Å². The van der Waals surface area contributed by atoms with Crippen LogP contribution in [-0.4, -0.2) is 42.6 Å². The molecule has 0 spiro atoms. The van der Waals surface area contributed by atoms with Crippen LogP contribution in [0.4, 0.5) is 0 Å². The van der Waals surface area contributed by atoms with Crippen LogP contribution in [0.15, 0.2) is 35.3 Å². The molecule has 4 atom stereocenters. The summed E-state index contributed by atoms with van der Waals surface area (Å²) in [4.78, 5) is 7.05. The van der Waals surface area contributed by atoms with E-state index in [4.69, 9.17) is 0 Å². The summed E-state index contributed by atoms with van der Waals surface area (Å²) in [5.74, 6) is 1.85. The summed E-state index contributed by atoms with van der Waals surface area (Å²) in [5, 5.41) is 7.28. The fourth-order valence-electron chi connectivity index (χ4n) is 4.06. The number of guanidine groups is 1. The highest BCUT2D eigenvalue weighted by atomic mass is 127. The fraction of sp³-hybridized carbons (Fsp3) is 0.667. The number of rotatable bonds is 6. The Kier molecular flexibility index (Phi) is 8.67. The van der Waals surface area contributed by atoms with Crippen LogP contribution in [0, 0.1) is 5.92 Å². The molecule has 1 aromatic carbocycles. The maximum atomic E-state index is 4.45. The predicted octanol–water partition coefficient (Wildman–Crippen LogP) is 4.01. The zero-order valence-electron chi connectivity index (χ0n) is 16.4. The molecule has 1 aliphatic carbocycles. The Morgan fingerprint density at radius 3 is 2.62 bits per heavy atom. The van der Waals surface area contributed by atoms with Gasteiger partial charge in [0.1, 0.15) is 0 Å². The lowest BCUT2D eigenvalue weighted by Crippen LogP contribution is -2.51. The van der Waals surface area contributed by atoms with Crippen molar-refractivity contribution in [3.05, 3.63) is 35.9 Å². The van der Waals surface area contributed by atoms with Crippen LogP contribution in [0.25, 0.3) is 0 Å². The average Bonchev–Trinajstić information content (AvgIpc) is 3.35. The molecule has 1 aromatic rings. The zero-order valence-corrected chi connectivity index (χ0v) is 18.8. The highest BCUT2D eigenvalue weighted by Crippen LogP contribution is 2.34. The van der Waals surface area contributed by atoms with E-state index in [1.807, 2.05) is 7.05 Å². The highest BCUT2D eigenvalue weighted by molar-refractivity contribution is 14.0. The molecule has 0 amide bonds. The molecule has 4 unspecified atom stereocenters. The van der Waals surface area contributed by atoms with Gasteiger partial charge in [0.2, 0.25) is 0 Å². The molecule has 1 saturated carbocycles. The number of hydrogen-bond donors (Lipinski definition) is 2. The van der Waals surface area contributed by atoms with Crippen LogP contribution >= 0.6 is 24.0 Å². The van der Waals surface area contributed by atoms with Gasteiger partial charge in [-0.15, -0.1) is 24.0 Å². The first-order valence-electron chi connectivity index (χ1n) is 9.97. The second-order valence-corrected chi connectivity index (χ2v) is 7.78. The van der Waals surface area contributed by atoms with Gasteiger partial charge in [0.05, 0.1) is 0 Å². The first-order valence-corrected chi connectivity index (χ1v) is 9.97. The number of piperidine rings is 1. The monoisotopic (exact) mass is 470 g/mol. The first-order chi connectivity index (χ1) is 12.2. The topological polar surface area (TPSA) is 39.7 Å². The van der Waals surface area contributed by atoms with Gasteiger partial charge in [0.15, 0.2) is 5.96 Å². The van der Waals surface area contributed by atoms with E-state index in [0.717, 1.165) is 25.0 Å². The highest BCUT2D eigenvalue weighted by Gasteiger charge is 2.37. The molecule has 3 rings (SSSR count). The SMILES string of the molecule is CCCC1CC1NC(=NC)NC1CCN(Cc2ccccc2)C(C)C1.I. The molecule has 0 radical (unpaired) electrons. The minimum Gasteiger partial charge on any atom is -0.354 e. The van der Waals surface area contributed by atoms with Gasteiger partial charge in [0, 0.05) is 38.3 Å². The number of halogens is 1. The molecular weight excluding hydrogens is 435 g/mol. The Bertz CT molecular complexity index is 562. The van der Waals surface area contributed by atoms with E-state index in [9.17, 15) is 0 Å². The molecule has 26 heavy (non-hydrogen) atoms. The van der Waals surface area contributed by atoms with E-state index in [0.29, 0.717) is 18.1 Å². The van der Waals surface area contributed by atoms with E-state index in [2.05, 4.69) is 64.7 Å². The van der Waals surface area contributed by atoms with Crippen LogP contribution in [-0.2, 0) is 6.54 Å². The van der Waals surface area contributed by atoms with Gasteiger partial charge in [-0.2, -0.15) is 0 Å². The molecule has 1 aliphatic heterocycles. The Morgan fingerprint density at radius 1 is 1.19 bits per heavy atom. The largest absolute Gasteiger partial charge is 0.354 e. The number of aliphatic imine (C=N–C) groups is 1. The van der Waals surface area contributed by atoms with Crippen LogP contribution in [0.1, 0.15) is 51.5 Å². The third kappa shape index (κ3) is 6.12. The first kappa shape index (κ1) is 21.5. The second-order valence-electron chi connectivity index (χ2n) is 7.78. The molecule has 146 valence electrons. The number of nitrogens with zero attached hydrogens (tertiary/aromatic N) is 2. The molecule has 0 bridgehead atoms. The number of nitrogens with one attached hydrogen (secondary N) is 2. The number of likely N-dealkylation sites (tertiary alicyclic amines) is 1. The maximum Gasteiger partial charge on any atom is 0.191 e. The summed E-state index contributed by atoms with van der Waals surface area (Å²) in [7, 11) is 1.89. The number of hydrogen-bond acceptors (Lipinski definition) is 2. The van der Waals surface area contributed by atoms with Crippen LogP contribution in [0.2, 0.25) is 0 Å². The lowest BCUT2D eigenvalue weighted by molar-refractivity contribution is 0.134. The van der Waals surface area contributed by atoms with Crippen molar-refractivity contribution in [1.82, 2.24) is 15.5 Å². The molecule has 2 N–H and O–H groups in total. The van der Waals surface area contributed by atoms with Crippen LogP contribution in [0.5, 0.6) is 0 Å². The summed E-state index contributed by atoms with van der Waals surface area (Å²) in [6.07, 6.45) is 6.29. The quantitative estimate of drug-likeness (QED) is 0.375. The summed E-state index contributed by atoms with van der Waals surface area (Å²) >= 11 is 0. The zero-order chi connectivity index (χ0) is 17.6. The van der Waals surface area contributed by atoms with Gasteiger partial charge in [0.25, 0.3) is 0 Å². The summed E-state index contributed by atoms with van der Waals surface area (Å²) in [5.41, 5.74) is 1.41. The third-order valence-corrected chi connectivity index (χ3v) is 5.71. The minimum absolute atomic E-state index is 0. The van der Waals surface area contributed by atoms with Crippen LogP contribution < -0.4 is 10.6 Å². The smallest absolute Gasteiger partial charge is 0.191 e. The van der Waals surface area contributed by atoms with E-state index in [1.165, 1.54) is 37.7 Å². The van der Waals surface area contributed by atoms with Gasteiger partial charge in [-0.25, -0.2) is 0 Å². The lowest BCUT2D eigenvalue weighted by Gasteiger charge is -2.38. The molecule has 2 fully saturated rings. The Hall–Kier alpha value is -0.820. The average molecular weight is 470 g/mol. The van der Waals surface area contributed by atoms with E-state index in [-0.39, 0.29) is 24.0 Å². The minimum atomic E-state index is 0. The maximum absolute atomic E-state index is 4.45. The van der Waals surface area contributed by atoms with Crippen molar-refractivity contribution in [2.45, 2.75) is 70.6 Å². The summed E-state index contributed by atoms with van der Waals surface area (Å²) in [6, 6.07) is 12.6. The molecule has 1 saturated heterocycles. The Balaban J connectivity index is 0.00000243. The molecular formula is C21H35IN4. The van der Waals surface area contributed by atoms with Gasteiger partial charge < -0.3 is 10.6 Å². The van der Waals surface area contributed by atoms with Crippen molar-refractivity contribution in [2.75, 3.05) is 13.6 Å². The summed E-state index contributed by atoms with van der Waals surface area (Å²) in [6.45, 7) is 6.83. The lowest BCUT2D eigenvalue weighted by atomic mass is 9.97.